The molecular formula is C19H30N6O2. The lowest BCUT2D eigenvalue weighted by molar-refractivity contribution is 0.0584. The number of aliphatic hydroxyl groups excluding tert-OH is 1. The molecule has 2 aromatic heterocycles. The Morgan fingerprint density at radius 2 is 2.04 bits per heavy atom. The maximum absolute atomic E-state index is 12.4. The van der Waals surface area contributed by atoms with Gasteiger partial charge in [0, 0.05) is 44.8 Å². The van der Waals surface area contributed by atoms with Crippen LogP contribution in [0.15, 0.2) is 12.4 Å². The van der Waals surface area contributed by atoms with Crippen molar-refractivity contribution in [3.63, 3.8) is 0 Å². The van der Waals surface area contributed by atoms with E-state index in [1.54, 1.807) is 6.20 Å². The summed E-state index contributed by atoms with van der Waals surface area (Å²) < 4.78 is 3.80. The van der Waals surface area contributed by atoms with E-state index in [1.807, 2.05) is 34.3 Å². The molecule has 1 atom stereocenters. The van der Waals surface area contributed by atoms with Gasteiger partial charge in [-0.2, -0.15) is 5.10 Å². The lowest BCUT2D eigenvalue weighted by Gasteiger charge is -2.34. The number of aliphatic hydroxyl groups is 1. The summed E-state index contributed by atoms with van der Waals surface area (Å²) in [6, 6.07) is -0.0433. The van der Waals surface area contributed by atoms with E-state index in [-0.39, 0.29) is 11.9 Å². The summed E-state index contributed by atoms with van der Waals surface area (Å²) in [4.78, 5) is 18.5. The molecule has 0 unspecified atom stereocenters. The summed E-state index contributed by atoms with van der Waals surface area (Å²) in [7, 11) is 1.89. The predicted molar refractivity (Wildman–Crippen MR) is 102 cm³/mol. The van der Waals surface area contributed by atoms with Gasteiger partial charge in [-0.05, 0) is 45.1 Å². The third-order valence-corrected chi connectivity index (χ3v) is 5.74. The van der Waals surface area contributed by atoms with Crippen LogP contribution in [0.1, 0.15) is 41.7 Å². The molecule has 0 saturated carbocycles. The van der Waals surface area contributed by atoms with Gasteiger partial charge < -0.3 is 19.9 Å². The van der Waals surface area contributed by atoms with Crippen LogP contribution in [0.4, 0.5) is 4.79 Å². The largest absolute Gasteiger partial charge is 0.385 e. The van der Waals surface area contributed by atoms with E-state index in [9.17, 15) is 9.90 Å². The molecule has 1 aliphatic rings. The first kappa shape index (κ1) is 19.4. The Kier molecular flexibility index (Phi) is 5.84. The molecule has 3 rings (SSSR count). The second-order valence-electron chi connectivity index (χ2n) is 7.42. The fraction of sp³-hybridized carbons (Fsp3) is 0.632. The number of piperidine rings is 1. The Labute approximate surface area is 160 Å². The second-order valence-corrected chi connectivity index (χ2v) is 7.42. The van der Waals surface area contributed by atoms with Crippen LogP contribution in [0.5, 0.6) is 0 Å². The molecule has 1 aliphatic heterocycles. The van der Waals surface area contributed by atoms with Gasteiger partial charge in [-0.1, -0.05) is 0 Å². The monoisotopic (exact) mass is 374 g/mol. The van der Waals surface area contributed by atoms with E-state index >= 15 is 0 Å². The zero-order valence-electron chi connectivity index (χ0n) is 16.6. The Morgan fingerprint density at radius 1 is 1.33 bits per heavy atom. The molecule has 2 aromatic rings. The number of hydrogen-bond acceptors (Lipinski definition) is 4. The van der Waals surface area contributed by atoms with Crippen LogP contribution in [-0.2, 0) is 13.6 Å². The molecule has 2 amide bonds. The summed E-state index contributed by atoms with van der Waals surface area (Å²) in [5.74, 6) is 0.825. The summed E-state index contributed by atoms with van der Waals surface area (Å²) in [6.45, 7) is 8.64. The average molecular weight is 374 g/mol. The highest BCUT2D eigenvalue weighted by Gasteiger charge is 2.30. The highest BCUT2D eigenvalue weighted by molar-refractivity contribution is 5.74. The molecular weight excluding hydrogens is 344 g/mol. The van der Waals surface area contributed by atoms with Crippen molar-refractivity contribution in [3.8, 4) is 0 Å². The van der Waals surface area contributed by atoms with Gasteiger partial charge >= 0.3 is 6.03 Å². The Bertz CT molecular complexity index is 788. The van der Waals surface area contributed by atoms with Crippen molar-refractivity contribution in [1.29, 1.82) is 0 Å². The van der Waals surface area contributed by atoms with Gasteiger partial charge in [0.1, 0.15) is 11.9 Å². The minimum Gasteiger partial charge on any atom is -0.385 e. The molecule has 0 aromatic carbocycles. The van der Waals surface area contributed by atoms with Crippen LogP contribution in [0, 0.1) is 26.7 Å². The van der Waals surface area contributed by atoms with Crippen molar-refractivity contribution in [3.05, 3.63) is 35.2 Å². The maximum Gasteiger partial charge on any atom is 0.317 e. The van der Waals surface area contributed by atoms with Crippen molar-refractivity contribution in [2.45, 2.75) is 46.3 Å². The summed E-state index contributed by atoms with van der Waals surface area (Å²) in [5, 5.41) is 18.0. The van der Waals surface area contributed by atoms with Gasteiger partial charge in [-0.3, -0.25) is 4.68 Å². The Morgan fingerprint density at radius 3 is 2.59 bits per heavy atom. The highest BCUT2D eigenvalue weighted by Crippen LogP contribution is 2.29. The van der Waals surface area contributed by atoms with Gasteiger partial charge in [0.25, 0.3) is 0 Å². The number of hydrogen-bond donors (Lipinski definition) is 2. The number of nitrogens with zero attached hydrogens (tertiary/aromatic N) is 5. The van der Waals surface area contributed by atoms with Crippen LogP contribution in [0.3, 0.4) is 0 Å². The summed E-state index contributed by atoms with van der Waals surface area (Å²) >= 11 is 0. The van der Waals surface area contributed by atoms with E-state index in [1.165, 1.54) is 5.56 Å². The van der Waals surface area contributed by atoms with E-state index in [0.29, 0.717) is 32.0 Å². The molecule has 0 aliphatic carbocycles. The number of nitrogens with one attached hydrogen (secondary N) is 1. The number of rotatable bonds is 5. The highest BCUT2D eigenvalue weighted by atomic mass is 16.3. The molecule has 0 bridgehead atoms. The summed E-state index contributed by atoms with van der Waals surface area (Å²) in [5.41, 5.74) is 3.38. The first-order valence-corrected chi connectivity index (χ1v) is 9.57. The molecule has 148 valence electrons. The summed E-state index contributed by atoms with van der Waals surface area (Å²) in [6.07, 6.45) is 4.51. The van der Waals surface area contributed by atoms with Crippen LogP contribution >= 0.6 is 0 Å². The number of aromatic nitrogens is 4. The molecule has 2 N–H and O–H groups in total. The quantitative estimate of drug-likeness (QED) is 0.834. The first-order chi connectivity index (χ1) is 12.9. The minimum absolute atomic E-state index is 0.0433. The Hall–Kier alpha value is -2.35. The predicted octanol–water partition coefficient (Wildman–Crippen LogP) is 1.70. The van der Waals surface area contributed by atoms with Crippen molar-refractivity contribution >= 4 is 6.03 Å². The van der Waals surface area contributed by atoms with Crippen molar-refractivity contribution in [2.75, 3.05) is 19.6 Å². The zero-order chi connectivity index (χ0) is 19.6. The number of aryl methyl sites for hydroxylation is 2. The number of carbonyl (C=O) groups excluding carboxylic acids is 1. The third kappa shape index (κ3) is 4.16. The van der Waals surface area contributed by atoms with Gasteiger partial charge in [-0.15, -0.1) is 0 Å². The van der Waals surface area contributed by atoms with E-state index in [4.69, 9.17) is 0 Å². The molecule has 1 fully saturated rings. The van der Waals surface area contributed by atoms with E-state index in [2.05, 4.69) is 29.2 Å². The fourth-order valence-corrected chi connectivity index (χ4v) is 3.68. The topological polar surface area (TPSA) is 88.2 Å². The van der Waals surface area contributed by atoms with Crippen molar-refractivity contribution in [1.82, 2.24) is 29.5 Å². The molecule has 0 spiro atoms. The number of imidazole rings is 1. The normalized spacial score (nSPS) is 16.6. The smallest absolute Gasteiger partial charge is 0.317 e. The van der Waals surface area contributed by atoms with E-state index in [0.717, 1.165) is 24.2 Å². The number of carbonyl (C=O) groups is 1. The lowest BCUT2D eigenvalue weighted by Crippen LogP contribution is -2.46. The van der Waals surface area contributed by atoms with Crippen LogP contribution < -0.4 is 5.32 Å². The number of amides is 2. The second kappa shape index (κ2) is 8.12. The van der Waals surface area contributed by atoms with Gasteiger partial charge in [0.15, 0.2) is 0 Å². The average Bonchev–Trinajstić information content (AvgIpc) is 3.20. The zero-order valence-corrected chi connectivity index (χ0v) is 16.6. The van der Waals surface area contributed by atoms with Gasteiger partial charge in [0.2, 0.25) is 0 Å². The van der Waals surface area contributed by atoms with Crippen molar-refractivity contribution < 1.29 is 9.90 Å². The minimum atomic E-state index is -0.579. The van der Waals surface area contributed by atoms with Gasteiger partial charge in [0.05, 0.1) is 12.2 Å². The third-order valence-electron chi connectivity index (χ3n) is 5.74. The number of urea groups is 1. The van der Waals surface area contributed by atoms with Crippen LogP contribution in [-0.4, -0.2) is 55.0 Å². The molecule has 8 nitrogen and oxygen atoms in total. The molecule has 0 radical (unpaired) electrons. The molecule has 27 heavy (non-hydrogen) atoms. The SMILES string of the molecule is Cc1nn(CCNC(=O)N2CCC([C@@H](O)c3nccn3C)CC2)c(C)c1C. The molecule has 3 heterocycles. The molecule has 1 saturated heterocycles. The standard InChI is InChI=1S/C19H30N6O2/c1-13-14(2)22-25(15(13)3)12-8-21-19(27)24-9-5-16(6-10-24)17(26)18-20-7-11-23(18)4/h7,11,16-17,26H,5-6,8-10,12H2,1-4H3,(H,21,27)/t17-/m1/s1. The lowest BCUT2D eigenvalue weighted by atomic mass is 9.91. The Balaban J connectivity index is 1.44. The van der Waals surface area contributed by atoms with E-state index < -0.39 is 6.10 Å². The fourth-order valence-electron chi connectivity index (χ4n) is 3.68. The molecule has 8 heteroatoms. The van der Waals surface area contributed by atoms with Gasteiger partial charge in [-0.25, -0.2) is 9.78 Å². The number of likely N-dealkylation sites (tertiary alicyclic amines) is 1. The maximum atomic E-state index is 12.4. The first-order valence-electron chi connectivity index (χ1n) is 9.57. The van der Waals surface area contributed by atoms with Crippen LogP contribution in [0.25, 0.3) is 0 Å². The van der Waals surface area contributed by atoms with Crippen LogP contribution in [0.2, 0.25) is 0 Å². The van der Waals surface area contributed by atoms with Crippen molar-refractivity contribution in [2.24, 2.45) is 13.0 Å².